The van der Waals surface area contributed by atoms with Gasteiger partial charge in [-0.15, -0.1) is 11.3 Å². The van der Waals surface area contributed by atoms with Gasteiger partial charge in [-0.1, -0.05) is 17.7 Å². The summed E-state index contributed by atoms with van der Waals surface area (Å²) >= 11 is 1.33. The van der Waals surface area contributed by atoms with Gasteiger partial charge in [-0.2, -0.15) is 0 Å². The van der Waals surface area contributed by atoms with E-state index in [4.69, 9.17) is 4.74 Å². The summed E-state index contributed by atoms with van der Waals surface area (Å²) in [4.78, 5) is 53.9. The van der Waals surface area contributed by atoms with Crippen molar-refractivity contribution in [1.29, 1.82) is 0 Å². The van der Waals surface area contributed by atoms with E-state index in [2.05, 4.69) is 6.08 Å². The molecule has 8 heteroatoms. The van der Waals surface area contributed by atoms with Gasteiger partial charge in [0.1, 0.15) is 11.8 Å². The van der Waals surface area contributed by atoms with Crippen LogP contribution in [0.2, 0.25) is 0 Å². The highest BCUT2D eigenvalue weighted by Crippen LogP contribution is 2.30. The van der Waals surface area contributed by atoms with Crippen molar-refractivity contribution in [2.45, 2.75) is 51.5 Å². The topological polar surface area (TPSA) is 84.0 Å². The standard InChI is InChI=1S/C25H26N2O5S/c1-17(28)32-20-11-9-19(10-12-20)27-23(29)16-21(24(27)30)26(25(31)22-8-5-15-33-22)14-13-18-6-3-2-4-7-18/h5-6,8-12,15,21H,2-4,7,13-14,16H2,1H3. The number of esters is 1. The maximum Gasteiger partial charge on any atom is 0.308 e. The lowest BCUT2D eigenvalue weighted by Gasteiger charge is -2.28. The quantitative estimate of drug-likeness (QED) is 0.262. The summed E-state index contributed by atoms with van der Waals surface area (Å²) in [7, 11) is 0. The number of anilines is 1. The van der Waals surface area contributed by atoms with Crippen LogP contribution < -0.4 is 9.64 Å². The van der Waals surface area contributed by atoms with Gasteiger partial charge in [-0.05, 0) is 67.8 Å². The Balaban J connectivity index is 1.55. The molecule has 0 spiro atoms. The van der Waals surface area contributed by atoms with Gasteiger partial charge in [0.2, 0.25) is 5.91 Å². The summed E-state index contributed by atoms with van der Waals surface area (Å²) in [6.07, 6.45) is 7.26. The zero-order valence-corrected chi connectivity index (χ0v) is 19.3. The largest absolute Gasteiger partial charge is 0.427 e. The molecule has 1 unspecified atom stereocenters. The minimum absolute atomic E-state index is 0.0549. The van der Waals surface area contributed by atoms with E-state index in [-0.39, 0.29) is 18.2 Å². The molecule has 2 heterocycles. The molecule has 2 aliphatic rings. The summed E-state index contributed by atoms with van der Waals surface area (Å²) in [5.41, 5.74) is 1.70. The molecule has 1 aromatic carbocycles. The van der Waals surface area contributed by atoms with Crippen molar-refractivity contribution in [2.75, 3.05) is 11.4 Å². The van der Waals surface area contributed by atoms with E-state index in [1.54, 1.807) is 29.2 Å². The van der Waals surface area contributed by atoms with Crippen LogP contribution in [-0.4, -0.2) is 41.2 Å². The molecule has 33 heavy (non-hydrogen) atoms. The monoisotopic (exact) mass is 466 g/mol. The summed E-state index contributed by atoms with van der Waals surface area (Å²) in [6, 6.07) is 8.90. The molecule has 172 valence electrons. The van der Waals surface area contributed by atoms with Gasteiger partial charge in [0, 0.05) is 13.5 Å². The molecule has 1 saturated heterocycles. The smallest absolute Gasteiger partial charge is 0.308 e. The number of thiophene rings is 1. The van der Waals surface area contributed by atoms with Crippen LogP contribution in [0, 0.1) is 0 Å². The van der Waals surface area contributed by atoms with Gasteiger partial charge in [-0.3, -0.25) is 19.2 Å². The lowest BCUT2D eigenvalue weighted by molar-refractivity contribution is -0.132. The van der Waals surface area contributed by atoms with Crippen molar-refractivity contribution in [3.63, 3.8) is 0 Å². The van der Waals surface area contributed by atoms with E-state index in [0.29, 0.717) is 29.3 Å². The Bertz CT molecular complexity index is 1070. The molecule has 1 atom stereocenters. The molecular weight excluding hydrogens is 440 g/mol. The fourth-order valence-corrected chi connectivity index (χ4v) is 4.98. The molecule has 1 aliphatic carbocycles. The molecule has 2 aromatic rings. The fraction of sp³-hybridized carbons (Fsp3) is 0.360. The molecule has 0 bridgehead atoms. The Morgan fingerprint density at radius 1 is 1.15 bits per heavy atom. The molecule has 1 fully saturated rings. The van der Waals surface area contributed by atoms with Crippen molar-refractivity contribution < 1.29 is 23.9 Å². The molecule has 0 radical (unpaired) electrons. The van der Waals surface area contributed by atoms with Crippen LogP contribution >= 0.6 is 11.3 Å². The second-order valence-electron chi connectivity index (χ2n) is 8.21. The van der Waals surface area contributed by atoms with Gasteiger partial charge >= 0.3 is 5.97 Å². The third-order valence-electron chi connectivity index (χ3n) is 5.91. The zero-order chi connectivity index (χ0) is 23.4. The third-order valence-corrected chi connectivity index (χ3v) is 6.77. The van der Waals surface area contributed by atoms with E-state index >= 15 is 0 Å². The SMILES string of the molecule is CC(=O)Oc1ccc(N2C(=O)CC(N(CCC3=CCCCC3)C(=O)c3cccs3)C2=O)cc1. The van der Waals surface area contributed by atoms with Crippen LogP contribution in [0.1, 0.15) is 55.1 Å². The number of ether oxygens (including phenoxy) is 1. The van der Waals surface area contributed by atoms with Gasteiger partial charge in [-0.25, -0.2) is 4.90 Å². The number of benzene rings is 1. The summed E-state index contributed by atoms with van der Waals surface area (Å²) in [5.74, 6) is -1.11. The number of hydrogen-bond donors (Lipinski definition) is 0. The number of nitrogens with zero attached hydrogens (tertiary/aromatic N) is 2. The fourth-order valence-electron chi connectivity index (χ4n) is 4.30. The number of rotatable bonds is 7. The molecule has 0 saturated carbocycles. The molecule has 3 amide bonds. The van der Waals surface area contributed by atoms with Crippen LogP contribution in [0.4, 0.5) is 5.69 Å². The number of amides is 3. The number of hydrogen-bond acceptors (Lipinski definition) is 6. The molecular formula is C25H26N2O5S. The minimum Gasteiger partial charge on any atom is -0.427 e. The van der Waals surface area contributed by atoms with E-state index in [1.165, 1.54) is 42.4 Å². The Hall–Kier alpha value is -3.26. The molecule has 1 aliphatic heterocycles. The summed E-state index contributed by atoms with van der Waals surface area (Å²) in [6.45, 7) is 1.69. The number of carbonyl (C=O) groups excluding carboxylic acids is 4. The van der Waals surface area contributed by atoms with Crippen LogP contribution in [-0.2, 0) is 14.4 Å². The van der Waals surface area contributed by atoms with Crippen molar-refractivity contribution >= 4 is 40.7 Å². The van der Waals surface area contributed by atoms with Crippen LogP contribution in [0.5, 0.6) is 5.75 Å². The van der Waals surface area contributed by atoms with Crippen molar-refractivity contribution in [1.82, 2.24) is 4.90 Å². The first kappa shape index (κ1) is 22.9. The molecule has 7 nitrogen and oxygen atoms in total. The average Bonchev–Trinajstić information content (AvgIpc) is 3.44. The van der Waals surface area contributed by atoms with E-state index in [1.807, 2.05) is 5.38 Å². The van der Waals surface area contributed by atoms with Gasteiger partial charge in [0.05, 0.1) is 17.0 Å². The van der Waals surface area contributed by atoms with Gasteiger partial charge in [0.25, 0.3) is 11.8 Å². The first-order chi connectivity index (χ1) is 15.9. The summed E-state index contributed by atoms with van der Waals surface area (Å²) in [5, 5.41) is 1.83. The van der Waals surface area contributed by atoms with Gasteiger partial charge in [0.15, 0.2) is 0 Å². The lowest BCUT2D eigenvalue weighted by Crippen LogP contribution is -2.46. The molecule has 1 aromatic heterocycles. The molecule has 0 N–H and O–H groups in total. The second-order valence-corrected chi connectivity index (χ2v) is 9.16. The van der Waals surface area contributed by atoms with Crippen molar-refractivity contribution in [2.24, 2.45) is 0 Å². The van der Waals surface area contributed by atoms with Crippen molar-refractivity contribution in [3.05, 3.63) is 58.3 Å². The first-order valence-corrected chi connectivity index (χ1v) is 12.0. The van der Waals surface area contributed by atoms with Gasteiger partial charge < -0.3 is 9.64 Å². The average molecular weight is 467 g/mol. The third kappa shape index (κ3) is 5.22. The predicted molar refractivity (Wildman–Crippen MR) is 125 cm³/mol. The minimum atomic E-state index is -0.843. The van der Waals surface area contributed by atoms with Crippen LogP contribution in [0.3, 0.4) is 0 Å². The Morgan fingerprint density at radius 2 is 1.94 bits per heavy atom. The van der Waals surface area contributed by atoms with E-state index < -0.39 is 17.9 Å². The Morgan fingerprint density at radius 3 is 2.58 bits per heavy atom. The van der Waals surface area contributed by atoms with Crippen molar-refractivity contribution in [3.8, 4) is 5.75 Å². The van der Waals surface area contributed by atoms with E-state index in [0.717, 1.165) is 24.2 Å². The Kier molecular flexibility index (Phi) is 7.03. The highest BCUT2D eigenvalue weighted by atomic mass is 32.1. The number of allylic oxidation sites excluding steroid dienone is 1. The highest BCUT2D eigenvalue weighted by molar-refractivity contribution is 7.12. The lowest BCUT2D eigenvalue weighted by atomic mass is 9.97. The highest BCUT2D eigenvalue weighted by Gasteiger charge is 2.44. The summed E-state index contributed by atoms with van der Waals surface area (Å²) < 4.78 is 5.02. The second kappa shape index (κ2) is 10.1. The first-order valence-electron chi connectivity index (χ1n) is 11.1. The normalized spacial score (nSPS) is 18.3. The number of carbonyl (C=O) groups is 4. The zero-order valence-electron chi connectivity index (χ0n) is 18.5. The Labute approximate surface area is 196 Å². The van der Waals surface area contributed by atoms with Crippen LogP contribution in [0.25, 0.3) is 0 Å². The van der Waals surface area contributed by atoms with E-state index in [9.17, 15) is 19.2 Å². The maximum atomic E-state index is 13.4. The molecule has 4 rings (SSSR count). The number of imide groups is 1. The predicted octanol–water partition coefficient (Wildman–Crippen LogP) is 4.34. The van der Waals surface area contributed by atoms with Crippen LogP contribution in [0.15, 0.2) is 53.4 Å². The maximum absolute atomic E-state index is 13.4.